The Morgan fingerprint density at radius 2 is 2.17 bits per heavy atom. The summed E-state index contributed by atoms with van der Waals surface area (Å²) in [7, 11) is 1.54. The lowest BCUT2D eigenvalue weighted by molar-refractivity contribution is -0.141. The molecule has 0 fully saturated rings. The highest BCUT2D eigenvalue weighted by atomic mass is 35.5. The Morgan fingerprint density at radius 3 is 2.72 bits per heavy atom. The number of nitrogens with one attached hydrogen (secondary N) is 2. The summed E-state index contributed by atoms with van der Waals surface area (Å²) in [6.45, 7) is 1.86. The number of rotatable bonds is 5. The number of anilines is 1. The second-order valence-corrected chi connectivity index (χ2v) is 3.80. The first-order chi connectivity index (χ1) is 8.49. The molecule has 0 bridgehead atoms. The van der Waals surface area contributed by atoms with Gasteiger partial charge in [-0.2, -0.15) is 0 Å². The maximum absolute atomic E-state index is 11.9. The fourth-order valence-corrected chi connectivity index (χ4v) is 1.52. The second-order valence-electron chi connectivity index (χ2n) is 3.39. The van der Waals surface area contributed by atoms with E-state index in [1.807, 2.05) is 0 Å². The van der Waals surface area contributed by atoms with Gasteiger partial charge in [0.1, 0.15) is 17.3 Å². The van der Waals surface area contributed by atoms with Gasteiger partial charge >= 0.3 is 5.97 Å². The molecule has 18 heavy (non-hydrogen) atoms. The lowest BCUT2D eigenvalue weighted by Gasteiger charge is -2.08. The molecule has 0 aliphatic heterocycles. The number of hydrogen-bond donors (Lipinski definition) is 2. The van der Waals surface area contributed by atoms with Gasteiger partial charge in [0.05, 0.1) is 12.2 Å². The van der Waals surface area contributed by atoms with Crippen LogP contribution in [0.15, 0.2) is 10.9 Å². The number of halogens is 1. The number of aromatic nitrogens is 1. The summed E-state index contributed by atoms with van der Waals surface area (Å²) < 4.78 is 4.68. The van der Waals surface area contributed by atoms with E-state index in [0.29, 0.717) is 0 Å². The zero-order chi connectivity index (χ0) is 13.7. The van der Waals surface area contributed by atoms with E-state index in [9.17, 15) is 14.4 Å². The third-order valence-corrected chi connectivity index (χ3v) is 2.44. The van der Waals surface area contributed by atoms with Gasteiger partial charge in [-0.1, -0.05) is 11.6 Å². The maximum Gasteiger partial charge on any atom is 0.313 e. The molecule has 0 aliphatic rings. The molecule has 0 aromatic carbocycles. The Bertz CT molecular complexity index is 524. The molecule has 0 spiro atoms. The molecule has 0 saturated carbocycles. The Balaban J connectivity index is 3.01. The van der Waals surface area contributed by atoms with E-state index in [0.717, 1.165) is 0 Å². The van der Waals surface area contributed by atoms with Crippen LogP contribution < -0.4 is 10.9 Å². The van der Waals surface area contributed by atoms with Gasteiger partial charge in [-0.15, -0.1) is 0 Å². The van der Waals surface area contributed by atoms with Gasteiger partial charge in [-0.05, 0) is 13.0 Å². The standard InChI is InChI=1S/C11H13ClN2O4/c1-3-18-9(16)5-8(15)6-4-7(12)11(17)14-10(6)13-2/h4H,3,5H2,1-2H3,(H2,13,14,17). The lowest BCUT2D eigenvalue weighted by atomic mass is 10.1. The summed E-state index contributed by atoms with van der Waals surface area (Å²) >= 11 is 5.64. The number of ketones is 1. The summed E-state index contributed by atoms with van der Waals surface area (Å²) in [4.78, 5) is 36.7. The SMILES string of the molecule is CCOC(=O)CC(=O)c1cc(Cl)c(=O)[nH]c1NC. The summed E-state index contributed by atoms with van der Waals surface area (Å²) in [6, 6.07) is 1.23. The average molecular weight is 273 g/mol. The Hall–Kier alpha value is -1.82. The van der Waals surface area contributed by atoms with Crippen LogP contribution in [0.4, 0.5) is 5.82 Å². The summed E-state index contributed by atoms with van der Waals surface area (Å²) in [5.74, 6) is -0.874. The normalized spacial score (nSPS) is 9.94. The Labute approximate surface area is 108 Å². The van der Waals surface area contributed by atoms with Crippen molar-refractivity contribution in [1.82, 2.24) is 4.98 Å². The number of carbonyl (C=O) groups excluding carboxylic acids is 2. The Kier molecular flexibility index (Phi) is 4.91. The smallest absolute Gasteiger partial charge is 0.313 e. The third kappa shape index (κ3) is 3.33. The first-order valence-electron chi connectivity index (χ1n) is 5.29. The molecular weight excluding hydrogens is 260 g/mol. The van der Waals surface area contributed by atoms with Crippen molar-refractivity contribution in [1.29, 1.82) is 0 Å². The molecule has 1 aromatic rings. The number of pyridine rings is 1. The molecule has 0 atom stereocenters. The van der Waals surface area contributed by atoms with Crippen molar-refractivity contribution in [3.8, 4) is 0 Å². The summed E-state index contributed by atoms with van der Waals surface area (Å²) in [5, 5.41) is 2.55. The van der Waals surface area contributed by atoms with Gasteiger partial charge in [-0.3, -0.25) is 14.4 Å². The van der Waals surface area contributed by atoms with Crippen molar-refractivity contribution in [2.24, 2.45) is 0 Å². The predicted octanol–water partition coefficient (Wildman–Crippen LogP) is 1.21. The number of carbonyl (C=O) groups is 2. The quantitative estimate of drug-likeness (QED) is 0.478. The molecule has 0 aliphatic carbocycles. The van der Waals surface area contributed by atoms with Gasteiger partial charge < -0.3 is 15.0 Å². The molecule has 1 rings (SSSR count). The minimum atomic E-state index is -0.619. The van der Waals surface area contributed by atoms with Crippen LogP contribution in [0.25, 0.3) is 0 Å². The predicted molar refractivity (Wildman–Crippen MR) is 67.2 cm³/mol. The van der Waals surface area contributed by atoms with Gasteiger partial charge in [-0.25, -0.2) is 0 Å². The van der Waals surface area contributed by atoms with E-state index in [-0.39, 0.29) is 23.0 Å². The molecular formula is C11H13ClN2O4. The van der Waals surface area contributed by atoms with E-state index in [2.05, 4.69) is 15.0 Å². The fourth-order valence-electron chi connectivity index (χ4n) is 1.36. The largest absolute Gasteiger partial charge is 0.466 e. The van der Waals surface area contributed by atoms with Gasteiger partial charge in [0.25, 0.3) is 5.56 Å². The number of H-pyrrole nitrogens is 1. The molecule has 0 radical (unpaired) electrons. The zero-order valence-corrected chi connectivity index (χ0v) is 10.8. The van der Waals surface area contributed by atoms with Crippen LogP contribution in [0.5, 0.6) is 0 Å². The molecule has 7 heteroatoms. The topological polar surface area (TPSA) is 88.3 Å². The van der Waals surface area contributed by atoms with Crippen LogP contribution in [0.2, 0.25) is 5.02 Å². The van der Waals surface area contributed by atoms with Crippen molar-refractivity contribution in [2.45, 2.75) is 13.3 Å². The van der Waals surface area contributed by atoms with E-state index in [1.54, 1.807) is 14.0 Å². The first kappa shape index (κ1) is 14.2. The molecule has 0 saturated heterocycles. The molecule has 1 aromatic heterocycles. The van der Waals surface area contributed by atoms with Crippen LogP contribution >= 0.6 is 11.6 Å². The highest BCUT2D eigenvalue weighted by molar-refractivity contribution is 6.31. The minimum absolute atomic E-state index is 0.110. The van der Waals surface area contributed by atoms with Crippen molar-refractivity contribution in [2.75, 3.05) is 19.0 Å². The number of Topliss-reactive ketones (excluding diaryl/α,β-unsaturated/α-hetero) is 1. The van der Waals surface area contributed by atoms with Crippen LogP contribution in [0, 0.1) is 0 Å². The van der Waals surface area contributed by atoms with Gasteiger partial charge in [0.2, 0.25) is 0 Å². The first-order valence-corrected chi connectivity index (χ1v) is 5.66. The number of esters is 1. The van der Waals surface area contributed by atoms with E-state index in [1.165, 1.54) is 6.07 Å². The van der Waals surface area contributed by atoms with Gasteiger partial charge in [0, 0.05) is 7.05 Å². The van der Waals surface area contributed by atoms with Crippen LogP contribution in [-0.2, 0) is 9.53 Å². The molecule has 0 amide bonds. The molecule has 2 N–H and O–H groups in total. The van der Waals surface area contributed by atoms with E-state index < -0.39 is 23.7 Å². The molecule has 6 nitrogen and oxygen atoms in total. The van der Waals surface area contributed by atoms with Crippen molar-refractivity contribution in [3.05, 3.63) is 27.0 Å². The molecule has 98 valence electrons. The van der Waals surface area contributed by atoms with E-state index >= 15 is 0 Å². The van der Waals surface area contributed by atoms with Crippen molar-refractivity contribution in [3.63, 3.8) is 0 Å². The van der Waals surface area contributed by atoms with Crippen LogP contribution in [0.1, 0.15) is 23.7 Å². The van der Waals surface area contributed by atoms with Crippen molar-refractivity contribution < 1.29 is 14.3 Å². The molecule has 0 unspecified atom stereocenters. The summed E-state index contributed by atoms with van der Waals surface area (Å²) in [6.07, 6.45) is -0.398. The van der Waals surface area contributed by atoms with Gasteiger partial charge in [0.15, 0.2) is 5.78 Å². The average Bonchev–Trinajstić information content (AvgIpc) is 2.32. The monoisotopic (exact) mass is 272 g/mol. The maximum atomic E-state index is 11.9. The second kappa shape index (κ2) is 6.20. The molecule has 1 heterocycles. The number of aromatic amines is 1. The highest BCUT2D eigenvalue weighted by Gasteiger charge is 2.17. The number of hydrogen-bond acceptors (Lipinski definition) is 5. The zero-order valence-electron chi connectivity index (χ0n) is 10.0. The van der Waals surface area contributed by atoms with Crippen molar-refractivity contribution >= 4 is 29.2 Å². The summed E-state index contributed by atoms with van der Waals surface area (Å²) in [5.41, 5.74) is -0.358. The third-order valence-electron chi connectivity index (χ3n) is 2.16. The fraction of sp³-hybridized carbons (Fsp3) is 0.364. The van der Waals surface area contributed by atoms with Crippen LogP contribution in [0.3, 0.4) is 0 Å². The van der Waals surface area contributed by atoms with E-state index in [4.69, 9.17) is 11.6 Å². The highest BCUT2D eigenvalue weighted by Crippen LogP contribution is 2.16. The minimum Gasteiger partial charge on any atom is -0.466 e. The Morgan fingerprint density at radius 1 is 1.50 bits per heavy atom. The van der Waals surface area contributed by atoms with Crippen LogP contribution in [-0.4, -0.2) is 30.4 Å². The lowest BCUT2D eigenvalue weighted by Crippen LogP contribution is -2.17. The number of ether oxygens (including phenoxy) is 1.